The molecule has 1 N–H and O–H groups in total. The average molecular weight is 249 g/mol. The highest BCUT2D eigenvalue weighted by atomic mass is 16.5. The minimum absolute atomic E-state index is 0.214. The van der Waals surface area contributed by atoms with Crippen molar-refractivity contribution in [2.24, 2.45) is 0 Å². The lowest BCUT2D eigenvalue weighted by Crippen LogP contribution is -2.36. The van der Waals surface area contributed by atoms with Crippen LogP contribution in [0.2, 0.25) is 0 Å². The molecule has 98 valence electrons. The molecule has 0 saturated heterocycles. The Balaban J connectivity index is 2.55. The number of esters is 1. The highest BCUT2D eigenvalue weighted by Gasteiger charge is 2.12. The Kier molecular flexibility index (Phi) is 5.39. The van der Waals surface area contributed by atoms with Crippen LogP contribution < -0.4 is 4.90 Å². The van der Waals surface area contributed by atoms with Crippen molar-refractivity contribution in [2.45, 2.75) is 20.1 Å². The molecule has 0 aliphatic rings. The van der Waals surface area contributed by atoms with E-state index in [1.807, 2.05) is 30.3 Å². The fraction of sp³-hybridized carbons (Fsp3) is 0.357. The molecule has 1 aromatic rings. The molecule has 0 heterocycles. The number of hydrogen-bond donors (Lipinski definition) is 1. The zero-order valence-electron chi connectivity index (χ0n) is 10.8. The lowest BCUT2D eigenvalue weighted by atomic mass is 10.3. The number of carbonyl (C=O) groups is 1. The Morgan fingerprint density at radius 1 is 1.44 bits per heavy atom. The molecule has 1 rings (SSSR count). The summed E-state index contributed by atoms with van der Waals surface area (Å²) in [5, 5.41) is 9.71. The van der Waals surface area contributed by atoms with Crippen LogP contribution in [0.3, 0.4) is 0 Å². The standard InChI is InChI=1S/C14H19NO3/c1-11(2)14(17)18-10-9-15(12(3)16)13-7-5-4-6-8-13/h4-8,12,16H,1,9-10H2,2-3H3. The first kappa shape index (κ1) is 14.3. The van der Waals surface area contributed by atoms with Crippen LogP contribution in [0.1, 0.15) is 13.8 Å². The molecule has 1 unspecified atom stereocenters. The van der Waals surface area contributed by atoms with Crippen LogP contribution in [-0.2, 0) is 9.53 Å². The van der Waals surface area contributed by atoms with Crippen LogP contribution in [0, 0.1) is 0 Å². The Bertz CT molecular complexity index is 401. The number of para-hydroxylation sites is 1. The Labute approximate surface area is 107 Å². The quantitative estimate of drug-likeness (QED) is 0.475. The minimum Gasteiger partial charge on any atom is -0.460 e. The third kappa shape index (κ3) is 4.22. The summed E-state index contributed by atoms with van der Waals surface area (Å²) < 4.78 is 5.01. The van der Waals surface area contributed by atoms with Crippen molar-refractivity contribution in [3.63, 3.8) is 0 Å². The zero-order valence-corrected chi connectivity index (χ0v) is 10.8. The highest BCUT2D eigenvalue weighted by molar-refractivity contribution is 5.86. The van der Waals surface area contributed by atoms with Crippen molar-refractivity contribution < 1.29 is 14.6 Å². The maximum absolute atomic E-state index is 11.2. The van der Waals surface area contributed by atoms with Gasteiger partial charge in [-0.15, -0.1) is 0 Å². The van der Waals surface area contributed by atoms with Crippen LogP contribution in [0.25, 0.3) is 0 Å². The van der Waals surface area contributed by atoms with Gasteiger partial charge in [-0.2, -0.15) is 0 Å². The molecule has 0 amide bonds. The van der Waals surface area contributed by atoms with Gasteiger partial charge in [-0.25, -0.2) is 4.79 Å². The lowest BCUT2D eigenvalue weighted by molar-refractivity contribution is -0.138. The van der Waals surface area contributed by atoms with E-state index in [0.29, 0.717) is 12.1 Å². The van der Waals surface area contributed by atoms with E-state index in [-0.39, 0.29) is 6.61 Å². The fourth-order valence-corrected chi connectivity index (χ4v) is 1.51. The monoisotopic (exact) mass is 249 g/mol. The summed E-state index contributed by atoms with van der Waals surface area (Å²) in [5.74, 6) is -0.409. The fourth-order valence-electron chi connectivity index (χ4n) is 1.51. The molecule has 1 atom stereocenters. The van der Waals surface area contributed by atoms with Gasteiger partial charge >= 0.3 is 5.97 Å². The van der Waals surface area contributed by atoms with Crippen molar-refractivity contribution in [2.75, 3.05) is 18.1 Å². The normalized spacial score (nSPS) is 11.7. The molecule has 0 bridgehead atoms. The molecule has 0 spiro atoms. The maximum Gasteiger partial charge on any atom is 0.333 e. The second-order valence-corrected chi connectivity index (χ2v) is 4.08. The molecule has 0 saturated carbocycles. The number of aliphatic hydroxyl groups is 1. The lowest BCUT2D eigenvalue weighted by Gasteiger charge is -2.27. The molecule has 0 aliphatic carbocycles. The van der Waals surface area contributed by atoms with Crippen molar-refractivity contribution in [3.8, 4) is 0 Å². The number of nitrogens with zero attached hydrogens (tertiary/aromatic N) is 1. The maximum atomic E-state index is 11.2. The van der Waals surface area contributed by atoms with Crippen LogP contribution >= 0.6 is 0 Å². The molecule has 4 nitrogen and oxygen atoms in total. The van der Waals surface area contributed by atoms with Gasteiger partial charge in [0, 0.05) is 11.3 Å². The topological polar surface area (TPSA) is 49.8 Å². The molecular formula is C14H19NO3. The van der Waals surface area contributed by atoms with E-state index >= 15 is 0 Å². The van der Waals surface area contributed by atoms with Gasteiger partial charge < -0.3 is 14.7 Å². The van der Waals surface area contributed by atoms with Crippen LogP contribution in [0.15, 0.2) is 42.5 Å². The van der Waals surface area contributed by atoms with E-state index in [1.165, 1.54) is 0 Å². The number of carbonyl (C=O) groups excluding carboxylic acids is 1. The van der Waals surface area contributed by atoms with Crippen LogP contribution in [-0.4, -0.2) is 30.5 Å². The number of aliphatic hydroxyl groups excluding tert-OH is 1. The number of hydrogen-bond acceptors (Lipinski definition) is 4. The van der Waals surface area contributed by atoms with Gasteiger partial charge in [0.2, 0.25) is 0 Å². The van der Waals surface area contributed by atoms with E-state index < -0.39 is 12.2 Å². The van der Waals surface area contributed by atoms with Gasteiger partial charge in [-0.3, -0.25) is 0 Å². The number of ether oxygens (including phenoxy) is 1. The molecule has 1 aromatic carbocycles. The molecular weight excluding hydrogens is 230 g/mol. The average Bonchev–Trinajstić information content (AvgIpc) is 2.34. The van der Waals surface area contributed by atoms with E-state index in [1.54, 1.807) is 18.7 Å². The van der Waals surface area contributed by atoms with Gasteiger partial charge in [0.15, 0.2) is 0 Å². The summed E-state index contributed by atoms with van der Waals surface area (Å²) in [7, 11) is 0. The zero-order chi connectivity index (χ0) is 13.5. The molecule has 0 radical (unpaired) electrons. The first-order chi connectivity index (χ1) is 8.52. The van der Waals surface area contributed by atoms with Crippen molar-refractivity contribution >= 4 is 11.7 Å². The third-order valence-electron chi connectivity index (χ3n) is 2.45. The smallest absolute Gasteiger partial charge is 0.333 e. The van der Waals surface area contributed by atoms with Crippen molar-refractivity contribution in [3.05, 3.63) is 42.5 Å². The summed E-state index contributed by atoms with van der Waals surface area (Å²) in [4.78, 5) is 13.0. The predicted octanol–water partition coefficient (Wildman–Crippen LogP) is 1.95. The van der Waals surface area contributed by atoms with Crippen LogP contribution in [0.4, 0.5) is 5.69 Å². The number of anilines is 1. The first-order valence-corrected chi connectivity index (χ1v) is 5.84. The van der Waals surface area contributed by atoms with Gasteiger partial charge in [0.25, 0.3) is 0 Å². The number of rotatable bonds is 6. The Hall–Kier alpha value is -1.81. The highest BCUT2D eigenvalue weighted by Crippen LogP contribution is 2.14. The molecule has 0 fully saturated rings. The SMILES string of the molecule is C=C(C)C(=O)OCCN(c1ccccc1)C(C)O. The molecule has 0 aromatic heterocycles. The Morgan fingerprint density at radius 2 is 2.06 bits per heavy atom. The van der Waals surface area contributed by atoms with Gasteiger partial charge in [-0.05, 0) is 26.0 Å². The third-order valence-corrected chi connectivity index (χ3v) is 2.45. The molecule has 4 heteroatoms. The summed E-state index contributed by atoms with van der Waals surface area (Å²) in [6.45, 7) is 7.43. The van der Waals surface area contributed by atoms with Gasteiger partial charge in [-0.1, -0.05) is 24.8 Å². The van der Waals surface area contributed by atoms with Gasteiger partial charge in [0.05, 0.1) is 6.54 Å². The summed E-state index contributed by atoms with van der Waals surface area (Å²) >= 11 is 0. The Morgan fingerprint density at radius 3 is 2.56 bits per heavy atom. The summed E-state index contributed by atoms with van der Waals surface area (Å²) in [6, 6.07) is 9.49. The predicted molar refractivity (Wildman–Crippen MR) is 71.2 cm³/mol. The van der Waals surface area contributed by atoms with Gasteiger partial charge in [0.1, 0.15) is 12.8 Å². The van der Waals surface area contributed by atoms with E-state index in [4.69, 9.17) is 4.74 Å². The molecule has 18 heavy (non-hydrogen) atoms. The molecule has 0 aliphatic heterocycles. The first-order valence-electron chi connectivity index (χ1n) is 5.84. The van der Waals surface area contributed by atoms with E-state index in [0.717, 1.165) is 5.69 Å². The second-order valence-electron chi connectivity index (χ2n) is 4.08. The van der Waals surface area contributed by atoms with Crippen LogP contribution in [0.5, 0.6) is 0 Å². The second kappa shape index (κ2) is 6.81. The van der Waals surface area contributed by atoms with E-state index in [9.17, 15) is 9.90 Å². The minimum atomic E-state index is -0.643. The van der Waals surface area contributed by atoms with Crippen molar-refractivity contribution in [1.29, 1.82) is 0 Å². The largest absolute Gasteiger partial charge is 0.460 e. The van der Waals surface area contributed by atoms with E-state index in [2.05, 4.69) is 6.58 Å². The summed E-state index contributed by atoms with van der Waals surface area (Å²) in [6.07, 6.45) is -0.643. The number of benzene rings is 1. The summed E-state index contributed by atoms with van der Waals surface area (Å²) in [5.41, 5.74) is 1.26. The van der Waals surface area contributed by atoms with Crippen molar-refractivity contribution in [1.82, 2.24) is 0 Å².